The van der Waals surface area contributed by atoms with E-state index in [1.807, 2.05) is 0 Å². The number of nitrogens with one attached hydrogen (secondary N) is 1. The Morgan fingerprint density at radius 2 is 2.03 bits per heavy atom. The van der Waals surface area contributed by atoms with Gasteiger partial charge in [0.25, 0.3) is 5.91 Å². The van der Waals surface area contributed by atoms with Gasteiger partial charge in [0.2, 0.25) is 0 Å². The normalized spacial score (nSPS) is 15.2. The minimum absolute atomic E-state index is 0.123. The van der Waals surface area contributed by atoms with E-state index in [0.29, 0.717) is 11.6 Å². The van der Waals surface area contributed by atoms with Crippen molar-refractivity contribution in [2.75, 3.05) is 14.2 Å². The van der Waals surface area contributed by atoms with Crippen molar-refractivity contribution in [3.8, 4) is 11.5 Å². The molecule has 2 heterocycles. The van der Waals surface area contributed by atoms with Crippen LogP contribution in [-0.2, 0) is 17.6 Å². The Labute approximate surface area is 210 Å². The van der Waals surface area contributed by atoms with Crippen LogP contribution in [0.15, 0.2) is 55.4 Å². The summed E-state index contributed by atoms with van der Waals surface area (Å²) >= 11 is 0. The van der Waals surface area contributed by atoms with E-state index in [2.05, 4.69) is 23.5 Å². The molecule has 0 spiro atoms. The highest BCUT2D eigenvalue weighted by Crippen LogP contribution is 2.41. The fourth-order valence-electron chi connectivity index (χ4n) is 4.14. The molecule has 1 aliphatic rings. The second kappa shape index (κ2) is 9.92. The van der Waals surface area contributed by atoms with Crippen molar-refractivity contribution >= 4 is 24.3 Å². The number of halogens is 3. The minimum atomic E-state index is -4.70. The molecule has 1 aliphatic heterocycles. The quantitative estimate of drug-likeness (QED) is 0.465. The minimum Gasteiger partial charge on any atom is -0.493 e. The van der Waals surface area contributed by atoms with E-state index in [1.165, 1.54) is 37.1 Å². The number of rotatable bonds is 7. The number of aromatic nitrogens is 2. The van der Waals surface area contributed by atoms with Crippen LogP contribution >= 0.6 is 0 Å². The highest BCUT2D eigenvalue weighted by Gasteiger charge is 2.37. The third-order valence-corrected chi connectivity index (χ3v) is 6.20. The molecule has 2 amide bonds. The first-order valence-corrected chi connectivity index (χ1v) is 11.1. The first-order valence-electron chi connectivity index (χ1n) is 11.1. The van der Waals surface area contributed by atoms with Gasteiger partial charge in [0, 0.05) is 24.1 Å². The number of hydrogen-bond acceptors (Lipinski definition) is 5. The number of carbonyl (C=O) groups is 2. The maximum atomic E-state index is 13.8. The zero-order chi connectivity index (χ0) is 26.9. The van der Waals surface area contributed by atoms with E-state index in [0.717, 1.165) is 22.1 Å². The molecule has 11 heteroatoms. The van der Waals surface area contributed by atoms with Crippen LogP contribution in [0, 0.1) is 0 Å². The predicted octanol–water partition coefficient (Wildman–Crippen LogP) is 4.64. The van der Waals surface area contributed by atoms with Gasteiger partial charge in [-0.3, -0.25) is 4.79 Å². The number of ether oxygens (including phenoxy) is 2. The highest BCUT2D eigenvalue weighted by molar-refractivity contribution is 5.95. The Morgan fingerprint density at radius 1 is 1.27 bits per heavy atom. The summed E-state index contributed by atoms with van der Waals surface area (Å²) in [5, 5.41) is 6.78. The van der Waals surface area contributed by atoms with Gasteiger partial charge in [-0.2, -0.15) is 17.7 Å². The van der Waals surface area contributed by atoms with Gasteiger partial charge in [-0.25, -0.2) is 4.79 Å². The number of alkyl halides is 3. The lowest BCUT2D eigenvalue weighted by Crippen LogP contribution is -2.24. The van der Waals surface area contributed by atoms with Crippen LogP contribution in [0.4, 0.5) is 19.0 Å². The van der Waals surface area contributed by atoms with Gasteiger partial charge >= 0.3 is 17.9 Å². The molecule has 3 aromatic rings. The summed E-state index contributed by atoms with van der Waals surface area (Å²) in [7, 11) is 2.82. The molecule has 0 saturated carbocycles. The zero-order valence-electron chi connectivity index (χ0n) is 20.1. The Balaban J connectivity index is 1.60. The molecule has 0 aliphatic carbocycles. The number of H-pyrrole nitrogens is 1. The SMILES string of the molecule is C=CN(C)C(=O)c1ccc(COc2ccc(C3CC(=O)[N+](=C)c4[nH]ncc43)cc2OC)c(C(F)(F)F)c1. The Hall–Kier alpha value is -4.41. The zero-order valence-corrected chi connectivity index (χ0v) is 20.1. The number of benzene rings is 2. The van der Waals surface area contributed by atoms with Crippen LogP contribution in [0.1, 0.15) is 45.0 Å². The first-order chi connectivity index (χ1) is 17.5. The topological polar surface area (TPSA) is 87.5 Å². The number of carbonyl (C=O) groups excluding carboxylic acids is 2. The average Bonchev–Trinajstić information content (AvgIpc) is 3.38. The molecule has 37 heavy (non-hydrogen) atoms. The van der Waals surface area contributed by atoms with E-state index in [9.17, 15) is 22.8 Å². The van der Waals surface area contributed by atoms with E-state index < -0.39 is 24.3 Å². The summed E-state index contributed by atoms with van der Waals surface area (Å²) in [5.41, 5.74) is 0.294. The maximum absolute atomic E-state index is 13.8. The molecule has 0 fully saturated rings. The Kier molecular flexibility index (Phi) is 6.88. The summed E-state index contributed by atoms with van der Waals surface area (Å²) < 4.78 is 53.8. The summed E-state index contributed by atoms with van der Waals surface area (Å²) in [6.45, 7) is 6.77. The molecule has 192 valence electrons. The molecule has 1 N–H and O–H groups in total. The molecule has 1 unspecified atom stereocenters. The van der Waals surface area contributed by atoms with Crippen LogP contribution in [-0.4, -0.2) is 52.4 Å². The monoisotopic (exact) mass is 513 g/mol. The van der Waals surface area contributed by atoms with Gasteiger partial charge < -0.3 is 14.4 Å². The summed E-state index contributed by atoms with van der Waals surface area (Å²) in [4.78, 5) is 25.8. The largest absolute Gasteiger partial charge is 0.493 e. The molecule has 4 rings (SSSR count). The maximum Gasteiger partial charge on any atom is 0.416 e. The van der Waals surface area contributed by atoms with Crippen molar-refractivity contribution in [1.82, 2.24) is 15.1 Å². The average molecular weight is 513 g/mol. The van der Waals surface area contributed by atoms with Crippen LogP contribution in [0.25, 0.3) is 0 Å². The Bertz CT molecular complexity index is 1400. The lowest BCUT2D eigenvalue weighted by atomic mass is 9.87. The molecule has 1 aromatic heterocycles. The van der Waals surface area contributed by atoms with Crippen LogP contribution in [0.5, 0.6) is 11.5 Å². The number of amides is 2. The van der Waals surface area contributed by atoms with Gasteiger partial charge in [-0.05, 0) is 36.0 Å². The van der Waals surface area contributed by atoms with E-state index in [1.54, 1.807) is 24.4 Å². The lowest BCUT2D eigenvalue weighted by molar-refractivity contribution is -0.367. The molecule has 2 aromatic carbocycles. The van der Waals surface area contributed by atoms with Crippen LogP contribution < -0.4 is 9.47 Å². The van der Waals surface area contributed by atoms with E-state index >= 15 is 0 Å². The van der Waals surface area contributed by atoms with E-state index in [4.69, 9.17) is 9.47 Å². The molecule has 0 radical (unpaired) electrons. The van der Waals surface area contributed by atoms with Crippen molar-refractivity contribution in [3.63, 3.8) is 0 Å². The molecular weight excluding hydrogens is 489 g/mol. The van der Waals surface area contributed by atoms with Crippen molar-refractivity contribution in [2.24, 2.45) is 0 Å². The van der Waals surface area contributed by atoms with Crippen molar-refractivity contribution in [1.29, 1.82) is 0 Å². The number of aromatic amines is 1. The van der Waals surface area contributed by atoms with Crippen molar-refractivity contribution in [2.45, 2.75) is 25.1 Å². The number of fused-ring (bicyclic) bond motifs is 1. The van der Waals surface area contributed by atoms with Gasteiger partial charge in [0.1, 0.15) is 6.61 Å². The van der Waals surface area contributed by atoms with Gasteiger partial charge in [0.15, 0.2) is 11.5 Å². The predicted molar refractivity (Wildman–Crippen MR) is 128 cm³/mol. The lowest BCUT2D eigenvalue weighted by Gasteiger charge is -2.21. The first kappa shape index (κ1) is 25.7. The molecule has 1 atom stereocenters. The third kappa shape index (κ3) is 4.97. The summed E-state index contributed by atoms with van der Waals surface area (Å²) in [6.07, 6.45) is -1.69. The van der Waals surface area contributed by atoms with Gasteiger partial charge in [0.05, 0.1) is 37.6 Å². The van der Waals surface area contributed by atoms with Crippen LogP contribution in [0.3, 0.4) is 0 Å². The third-order valence-electron chi connectivity index (χ3n) is 6.20. The number of hydrogen-bond donors (Lipinski definition) is 1. The van der Waals surface area contributed by atoms with Gasteiger partial charge in [-0.1, -0.05) is 23.8 Å². The van der Waals surface area contributed by atoms with Gasteiger partial charge in [-0.15, -0.1) is 5.10 Å². The number of methoxy groups -OCH3 is 1. The standard InChI is InChI=1S/C26H24F3N4O4/c1-5-32(2)25(35)16-6-7-17(20(10-16)26(27,28)29)14-37-21-9-8-15(11-22(21)36-4)18-12-23(34)33(3)24-19(18)13-30-31-24/h5-11,13,18H,1,3,12,14H2,2,4H3,(H,30,31)/q+1. The van der Waals surface area contributed by atoms with Crippen molar-refractivity contribution in [3.05, 3.63) is 83.2 Å². The fraction of sp³-hybridized carbons (Fsp3) is 0.231. The molecule has 8 nitrogen and oxygen atoms in total. The van der Waals surface area contributed by atoms with Crippen molar-refractivity contribution < 1.29 is 36.8 Å². The second-order valence-electron chi connectivity index (χ2n) is 8.42. The Morgan fingerprint density at radius 3 is 2.70 bits per heavy atom. The van der Waals surface area contributed by atoms with Crippen LogP contribution in [0.2, 0.25) is 0 Å². The summed E-state index contributed by atoms with van der Waals surface area (Å²) in [6, 6.07) is 8.32. The summed E-state index contributed by atoms with van der Waals surface area (Å²) in [5.74, 6) is -0.102. The smallest absolute Gasteiger partial charge is 0.416 e. The van der Waals surface area contributed by atoms with E-state index in [-0.39, 0.29) is 35.1 Å². The highest BCUT2D eigenvalue weighted by atomic mass is 19.4. The molecule has 0 saturated heterocycles. The second-order valence-corrected chi connectivity index (χ2v) is 8.42. The molecular formula is C26H24F3N4O4+. The number of nitrogens with zero attached hydrogens (tertiary/aromatic N) is 3. The molecule has 0 bridgehead atoms. The fourth-order valence-corrected chi connectivity index (χ4v) is 4.14.